The van der Waals surface area contributed by atoms with Gasteiger partial charge in [-0.3, -0.25) is 0 Å². The molecule has 0 aromatic carbocycles. The van der Waals surface area contributed by atoms with Gasteiger partial charge in [-0.2, -0.15) is 0 Å². The zero-order chi connectivity index (χ0) is 10.1. The number of hydrogen-bond acceptors (Lipinski definition) is 1. The molecule has 0 aliphatic carbocycles. The fourth-order valence-electron chi connectivity index (χ4n) is 1.54. The molecule has 0 rings (SSSR count). The Hall–Kier alpha value is -0.0400. The van der Waals surface area contributed by atoms with Crippen molar-refractivity contribution in [3.05, 3.63) is 0 Å². The molecular formula is C12H27N. The largest absolute Gasteiger partial charge is 0.315 e. The zero-order valence-corrected chi connectivity index (χ0v) is 9.90. The number of rotatable bonds is 8. The van der Waals surface area contributed by atoms with Crippen LogP contribution >= 0.6 is 0 Å². The van der Waals surface area contributed by atoms with Crippen molar-refractivity contribution >= 4 is 0 Å². The Morgan fingerprint density at radius 3 is 2.15 bits per heavy atom. The predicted octanol–water partition coefficient (Wildman–Crippen LogP) is 3.59. The highest BCUT2D eigenvalue weighted by atomic mass is 14.9. The molecule has 0 heterocycles. The summed E-state index contributed by atoms with van der Waals surface area (Å²) in [5.41, 5.74) is 0. The van der Waals surface area contributed by atoms with Gasteiger partial charge in [-0.05, 0) is 25.3 Å². The lowest BCUT2D eigenvalue weighted by molar-refractivity contribution is 0.440. The van der Waals surface area contributed by atoms with Crippen LogP contribution < -0.4 is 5.32 Å². The second-order valence-corrected chi connectivity index (χ2v) is 4.50. The van der Waals surface area contributed by atoms with Crippen molar-refractivity contribution in [2.45, 2.75) is 65.8 Å². The van der Waals surface area contributed by atoms with Gasteiger partial charge in [0.25, 0.3) is 0 Å². The maximum Gasteiger partial charge on any atom is 0.00103 e. The minimum Gasteiger partial charge on any atom is -0.315 e. The van der Waals surface area contributed by atoms with E-state index < -0.39 is 0 Å². The number of unbranched alkanes of at least 4 members (excludes halogenated alkanes) is 1. The molecule has 0 fully saturated rings. The molecule has 80 valence electrons. The first-order valence-corrected chi connectivity index (χ1v) is 5.90. The average Bonchev–Trinajstić information content (AvgIpc) is 2.08. The summed E-state index contributed by atoms with van der Waals surface area (Å²) >= 11 is 0. The Morgan fingerprint density at radius 2 is 1.62 bits per heavy atom. The van der Waals surface area contributed by atoms with Gasteiger partial charge in [-0.15, -0.1) is 0 Å². The van der Waals surface area contributed by atoms with E-state index in [-0.39, 0.29) is 0 Å². The van der Waals surface area contributed by atoms with Crippen molar-refractivity contribution in [1.29, 1.82) is 0 Å². The van der Waals surface area contributed by atoms with E-state index in [1.165, 1.54) is 38.6 Å². The van der Waals surface area contributed by atoms with Crippen molar-refractivity contribution in [3.63, 3.8) is 0 Å². The van der Waals surface area contributed by atoms with Crippen LogP contribution in [0.3, 0.4) is 0 Å². The Kier molecular flexibility index (Phi) is 8.53. The van der Waals surface area contributed by atoms with Gasteiger partial charge in [0.05, 0.1) is 0 Å². The summed E-state index contributed by atoms with van der Waals surface area (Å²) in [4.78, 5) is 0. The normalized spacial score (nSPS) is 13.6. The molecule has 0 bridgehead atoms. The van der Waals surface area contributed by atoms with Gasteiger partial charge in [0.2, 0.25) is 0 Å². The quantitative estimate of drug-likeness (QED) is 0.570. The highest BCUT2D eigenvalue weighted by Gasteiger charge is 2.00. The third kappa shape index (κ3) is 9.88. The van der Waals surface area contributed by atoms with E-state index in [4.69, 9.17) is 0 Å². The molecule has 0 spiro atoms. The molecule has 0 saturated heterocycles. The van der Waals surface area contributed by atoms with E-state index in [1.807, 2.05) is 0 Å². The maximum atomic E-state index is 3.46. The van der Waals surface area contributed by atoms with Crippen molar-refractivity contribution in [3.8, 4) is 0 Å². The summed E-state index contributed by atoms with van der Waals surface area (Å²) in [5.74, 6) is 0.925. The summed E-state index contributed by atoms with van der Waals surface area (Å²) in [6.45, 7) is 10.3. The molecule has 1 nitrogen and oxygen atoms in total. The Balaban J connectivity index is 3.12. The molecule has 0 amide bonds. The van der Waals surface area contributed by atoms with Crippen LogP contribution in [0.25, 0.3) is 0 Å². The lowest BCUT2D eigenvalue weighted by Gasteiger charge is -2.12. The van der Waals surface area contributed by atoms with Gasteiger partial charge in [0.1, 0.15) is 0 Å². The van der Waals surface area contributed by atoms with Gasteiger partial charge < -0.3 is 5.32 Å². The summed E-state index contributed by atoms with van der Waals surface area (Å²) in [6, 6.07) is 0.644. The van der Waals surface area contributed by atoms with Crippen LogP contribution in [0.15, 0.2) is 0 Å². The molecule has 0 radical (unpaired) electrons. The van der Waals surface area contributed by atoms with E-state index in [9.17, 15) is 0 Å². The van der Waals surface area contributed by atoms with Gasteiger partial charge in [0, 0.05) is 6.04 Å². The topological polar surface area (TPSA) is 12.0 Å². The molecule has 0 aromatic heterocycles. The first kappa shape index (κ1) is 13.0. The number of nitrogens with one attached hydrogen (secondary N) is 1. The fourth-order valence-corrected chi connectivity index (χ4v) is 1.54. The van der Waals surface area contributed by atoms with Crippen LogP contribution in [0.4, 0.5) is 0 Å². The van der Waals surface area contributed by atoms with E-state index >= 15 is 0 Å². The van der Waals surface area contributed by atoms with E-state index in [0.717, 1.165) is 5.92 Å². The van der Waals surface area contributed by atoms with Gasteiger partial charge in [-0.1, -0.05) is 47.0 Å². The van der Waals surface area contributed by atoms with Crippen molar-refractivity contribution < 1.29 is 0 Å². The van der Waals surface area contributed by atoms with E-state index in [2.05, 4.69) is 33.0 Å². The molecule has 1 N–H and O–H groups in total. The van der Waals surface area contributed by atoms with Crippen LogP contribution in [0, 0.1) is 5.92 Å². The summed E-state index contributed by atoms with van der Waals surface area (Å²) in [5, 5.41) is 3.46. The Bertz CT molecular complexity index is 99.3. The van der Waals surface area contributed by atoms with E-state index in [1.54, 1.807) is 0 Å². The van der Waals surface area contributed by atoms with Gasteiger partial charge in [0.15, 0.2) is 0 Å². The summed E-state index contributed by atoms with van der Waals surface area (Å²) in [6.07, 6.45) is 6.88. The summed E-state index contributed by atoms with van der Waals surface area (Å²) < 4.78 is 0. The Labute approximate surface area is 84.3 Å². The predicted molar refractivity (Wildman–Crippen MR) is 61.1 cm³/mol. The Morgan fingerprint density at radius 1 is 1.00 bits per heavy atom. The minimum absolute atomic E-state index is 0.644. The molecule has 0 aliphatic rings. The first-order chi connectivity index (χ1) is 6.16. The monoisotopic (exact) mass is 185 g/mol. The molecule has 0 aliphatic heterocycles. The highest BCUT2D eigenvalue weighted by Crippen LogP contribution is 2.13. The van der Waals surface area contributed by atoms with Crippen LogP contribution in [0.2, 0.25) is 0 Å². The smallest absolute Gasteiger partial charge is 0.00103 e. The van der Waals surface area contributed by atoms with Crippen LogP contribution in [-0.4, -0.2) is 12.6 Å². The van der Waals surface area contributed by atoms with Crippen molar-refractivity contribution in [1.82, 2.24) is 5.32 Å². The molecule has 1 atom stereocenters. The third-order valence-corrected chi connectivity index (χ3v) is 2.48. The first-order valence-electron chi connectivity index (χ1n) is 5.90. The third-order valence-electron chi connectivity index (χ3n) is 2.48. The fraction of sp³-hybridized carbons (Fsp3) is 1.00. The standard InChI is InChI=1S/C12H27N/c1-5-6-8-12(4)9-7-10-13-11(2)3/h11-13H,5-10H2,1-4H3. The lowest BCUT2D eigenvalue weighted by atomic mass is 9.99. The maximum absolute atomic E-state index is 3.46. The molecule has 13 heavy (non-hydrogen) atoms. The second-order valence-electron chi connectivity index (χ2n) is 4.50. The molecule has 1 unspecified atom stereocenters. The van der Waals surface area contributed by atoms with Crippen LogP contribution in [0.5, 0.6) is 0 Å². The van der Waals surface area contributed by atoms with Crippen molar-refractivity contribution in [2.75, 3.05) is 6.54 Å². The highest BCUT2D eigenvalue weighted by molar-refractivity contribution is 4.57. The van der Waals surface area contributed by atoms with Crippen molar-refractivity contribution in [2.24, 2.45) is 5.92 Å². The molecule has 1 heteroatoms. The molecular weight excluding hydrogens is 158 g/mol. The van der Waals surface area contributed by atoms with Gasteiger partial charge in [-0.25, -0.2) is 0 Å². The van der Waals surface area contributed by atoms with Crippen LogP contribution in [-0.2, 0) is 0 Å². The van der Waals surface area contributed by atoms with E-state index in [0.29, 0.717) is 6.04 Å². The zero-order valence-electron chi connectivity index (χ0n) is 9.90. The minimum atomic E-state index is 0.644. The van der Waals surface area contributed by atoms with Gasteiger partial charge >= 0.3 is 0 Å². The molecule has 0 saturated carbocycles. The molecule has 0 aromatic rings. The SMILES string of the molecule is CCCCC(C)CCCNC(C)C. The number of hydrogen-bond donors (Lipinski definition) is 1. The average molecular weight is 185 g/mol. The lowest BCUT2D eigenvalue weighted by Crippen LogP contribution is -2.23. The second kappa shape index (κ2) is 8.55. The van der Waals surface area contributed by atoms with Crippen LogP contribution in [0.1, 0.15) is 59.8 Å². The summed E-state index contributed by atoms with van der Waals surface area (Å²) in [7, 11) is 0.